The molecule has 8 heteroatoms. The van der Waals surface area contributed by atoms with E-state index in [1.165, 1.54) is 15.9 Å². The highest BCUT2D eigenvalue weighted by molar-refractivity contribution is 7.15. The van der Waals surface area contributed by atoms with E-state index in [2.05, 4.69) is 23.9 Å². The third-order valence-electron chi connectivity index (χ3n) is 5.30. The summed E-state index contributed by atoms with van der Waals surface area (Å²) in [6.45, 7) is 5.60. The lowest BCUT2D eigenvalue weighted by molar-refractivity contribution is 0.288. The van der Waals surface area contributed by atoms with Crippen LogP contribution in [0.5, 0.6) is 17.2 Å². The molecule has 4 aromatic rings. The molecule has 0 saturated heterocycles. The normalized spacial score (nSPS) is 11.8. The average molecular weight is 480 g/mol. The predicted molar refractivity (Wildman–Crippen MR) is 135 cm³/mol. The number of hydrogen-bond donors (Lipinski definition) is 0. The van der Waals surface area contributed by atoms with E-state index in [0.717, 1.165) is 42.6 Å². The van der Waals surface area contributed by atoms with Crippen molar-refractivity contribution in [1.29, 1.82) is 0 Å². The molecule has 0 atom stereocenters. The standard InChI is InChI=1S/C26H29N3O4S/c1-4-6-14-32-20-11-9-19(10-12-20)24-27-26-29(28-24)25(30)23(34-26)17-18-8-13-21(22(16-18)31-3)33-15-7-5-2/h8-13,16-17H,4-7,14-15H2,1-3H3. The predicted octanol–water partition coefficient (Wildman–Crippen LogP) is 4.73. The third kappa shape index (κ3) is 5.39. The van der Waals surface area contributed by atoms with Crippen molar-refractivity contribution in [3.8, 4) is 28.6 Å². The minimum Gasteiger partial charge on any atom is -0.494 e. The lowest BCUT2D eigenvalue weighted by atomic mass is 10.2. The van der Waals surface area contributed by atoms with Crippen LogP contribution in [0.3, 0.4) is 0 Å². The Labute approximate surface area is 202 Å². The molecule has 0 bridgehead atoms. The van der Waals surface area contributed by atoms with Gasteiger partial charge in [0.1, 0.15) is 5.75 Å². The maximum absolute atomic E-state index is 12.9. The van der Waals surface area contributed by atoms with E-state index < -0.39 is 0 Å². The second-order valence-corrected chi connectivity index (χ2v) is 8.89. The molecule has 2 aromatic carbocycles. The monoisotopic (exact) mass is 479 g/mol. The summed E-state index contributed by atoms with van der Waals surface area (Å²) in [5.41, 5.74) is 1.49. The molecule has 7 nitrogen and oxygen atoms in total. The van der Waals surface area contributed by atoms with Crippen LogP contribution in [-0.2, 0) is 0 Å². The van der Waals surface area contributed by atoms with Crippen LogP contribution in [0.15, 0.2) is 47.3 Å². The molecule has 0 radical (unpaired) electrons. The Morgan fingerprint density at radius 2 is 1.71 bits per heavy atom. The van der Waals surface area contributed by atoms with Crippen LogP contribution in [0.4, 0.5) is 0 Å². The van der Waals surface area contributed by atoms with Crippen LogP contribution in [0.25, 0.3) is 22.4 Å². The summed E-state index contributed by atoms with van der Waals surface area (Å²) in [5, 5.41) is 4.44. The summed E-state index contributed by atoms with van der Waals surface area (Å²) >= 11 is 1.31. The fourth-order valence-electron chi connectivity index (χ4n) is 3.36. The molecule has 0 amide bonds. The maximum atomic E-state index is 12.9. The van der Waals surface area contributed by atoms with E-state index in [0.29, 0.717) is 40.0 Å². The lowest BCUT2D eigenvalue weighted by Gasteiger charge is -2.10. The Balaban J connectivity index is 1.56. The molecule has 4 rings (SSSR count). The molecule has 0 aliphatic heterocycles. The summed E-state index contributed by atoms with van der Waals surface area (Å²) in [7, 11) is 1.61. The largest absolute Gasteiger partial charge is 0.494 e. The summed E-state index contributed by atoms with van der Waals surface area (Å²) < 4.78 is 18.9. The molecule has 178 valence electrons. The fourth-order valence-corrected chi connectivity index (χ4v) is 4.27. The second kappa shape index (κ2) is 11.2. The average Bonchev–Trinajstić information content (AvgIpc) is 3.40. The van der Waals surface area contributed by atoms with Gasteiger partial charge in [-0.2, -0.15) is 9.50 Å². The molecule has 2 aromatic heterocycles. The smallest absolute Gasteiger partial charge is 0.291 e. The first-order chi connectivity index (χ1) is 16.6. The number of methoxy groups -OCH3 is 1. The first-order valence-corrected chi connectivity index (χ1v) is 12.4. The molecule has 0 aliphatic rings. The summed E-state index contributed by atoms with van der Waals surface area (Å²) in [5.74, 6) is 2.67. The minimum atomic E-state index is -0.194. The first-order valence-electron chi connectivity index (χ1n) is 11.6. The Hall–Kier alpha value is -3.39. The molecule has 0 spiro atoms. The Morgan fingerprint density at radius 1 is 0.971 bits per heavy atom. The molecule has 0 saturated carbocycles. The topological polar surface area (TPSA) is 75.0 Å². The number of nitrogens with zero attached hydrogens (tertiary/aromatic N) is 3. The number of aromatic nitrogens is 3. The molecule has 0 unspecified atom stereocenters. The van der Waals surface area contributed by atoms with Gasteiger partial charge in [-0.3, -0.25) is 4.79 Å². The van der Waals surface area contributed by atoms with Crippen LogP contribution in [0, 0.1) is 0 Å². The van der Waals surface area contributed by atoms with Crippen LogP contribution in [-0.4, -0.2) is 34.9 Å². The van der Waals surface area contributed by atoms with E-state index in [9.17, 15) is 4.79 Å². The van der Waals surface area contributed by atoms with Crippen molar-refractivity contribution >= 4 is 22.4 Å². The second-order valence-electron chi connectivity index (χ2n) is 7.88. The molecule has 34 heavy (non-hydrogen) atoms. The van der Waals surface area contributed by atoms with Crippen molar-refractivity contribution in [2.24, 2.45) is 0 Å². The summed E-state index contributed by atoms with van der Waals surface area (Å²) in [6, 6.07) is 13.3. The maximum Gasteiger partial charge on any atom is 0.291 e. The van der Waals surface area contributed by atoms with Crippen LogP contribution in [0.2, 0.25) is 0 Å². The minimum absolute atomic E-state index is 0.194. The number of hydrogen-bond acceptors (Lipinski definition) is 7. The molecule has 0 fully saturated rings. The number of fused-ring (bicyclic) bond motifs is 1. The van der Waals surface area contributed by atoms with Gasteiger partial charge in [0.25, 0.3) is 5.56 Å². The molecular formula is C26H29N3O4S. The van der Waals surface area contributed by atoms with Crippen molar-refractivity contribution in [2.45, 2.75) is 39.5 Å². The number of thiazole rings is 1. The van der Waals surface area contributed by atoms with Gasteiger partial charge < -0.3 is 14.2 Å². The van der Waals surface area contributed by atoms with Gasteiger partial charge in [0.15, 0.2) is 17.3 Å². The highest BCUT2D eigenvalue weighted by Gasteiger charge is 2.13. The van der Waals surface area contributed by atoms with Gasteiger partial charge in [0.05, 0.1) is 24.9 Å². The summed E-state index contributed by atoms with van der Waals surface area (Å²) in [4.78, 5) is 18.1. The number of ether oxygens (including phenoxy) is 3. The van der Waals surface area contributed by atoms with Crippen molar-refractivity contribution in [2.75, 3.05) is 20.3 Å². The van der Waals surface area contributed by atoms with Gasteiger partial charge in [0.2, 0.25) is 4.96 Å². The summed E-state index contributed by atoms with van der Waals surface area (Å²) in [6.07, 6.45) is 5.99. The van der Waals surface area contributed by atoms with Gasteiger partial charge in [-0.15, -0.1) is 5.10 Å². The van der Waals surface area contributed by atoms with Gasteiger partial charge in [-0.1, -0.05) is 44.1 Å². The van der Waals surface area contributed by atoms with E-state index in [1.54, 1.807) is 7.11 Å². The van der Waals surface area contributed by atoms with Crippen molar-refractivity contribution in [3.05, 3.63) is 62.9 Å². The molecule has 2 heterocycles. The van der Waals surface area contributed by atoms with Crippen LogP contribution in [0.1, 0.15) is 45.1 Å². The zero-order chi connectivity index (χ0) is 23.9. The number of benzene rings is 2. The van der Waals surface area contributed by atoms with E-state index in [-0.39, 0.29) is 5.56 Å². The van der Waals surface area contributed by atoms with Crippen LogP contribution >= 0.6 is 11.3 Å². The fraction of sp³-hybridized carbons (Fsp3) is 0.346. The Bertz CT molecular complexity index is 1350. The lowest BCUT2D eigenvalue weighted by Crippen LogP contribution is -2.23. The quantitative estimate of drug-likeness (QED) is 0.290. The molecular weight excluding hydrogens is 450 g/mol. The van der Waals surface area contributed by atoms with Gasteiger partial charge in [-0.25, -0.2) is 0 Å². The van der Waals surface area contributed by atoms with Crippen LogP contribution < -0.4 is 24.3 Å². The van der Waals surface area contributed by atoms with E-state index >= 15 is 0 Å². The molecule has 0 N–H and O–H groups in total. The van der Waals surface area contributed by atoms with Gasteiger partial charge in [-0.05, 0) is 60.9 Å². The highest BCUT2D eigenvalue weighted by Crippen LogP contribution is 2.28. The Kier molecular flexibility index (Phi) is 7.80. The highest BCUT2D eigenvalue weighted by atomic mass is 32.1. The van der Waals surface area contributed by atoms with E-state index in [4.69, 9.17) is 14.2 Å². The third-order valence-corrected chi connectivity index (χ3v) is 6.26. The van der Waals surface area contributed by atoms with Gasteiger partial charge in [0, 0.05) is 5.56 Å². The van der Waals surface area contributed by atoms with Gasteiger partial charge >= 0.3 is 0 Å². The number of rotatable bonds is 11. The van der Waals surface area contributed by atoms with Crippen molar-refractivity contribution < 1.29 is 14.2 Å². The van der Waals surface area contributed by atoms with Crippen molar-refractivity contribution in [3.63, 3.8) is 0 Å². The zero-order valence-electron chi connectivity index (χ0n) is 19.7. The first kappa shape index (κ1) is 23.8. The Morgan fingerprint density at radius 3 is 2.38 bits per heavy atom. The zero-order valence-corrected chi connectivity index (χ0v) is 20.6. The van der Waals surface area contributed by atoms with E-state index in [1.807, 2.05) is 48.5 Å². The number of unbranched alkanes of at least 4 members (excludes halogenated alkanes) is 2. The molecule has 0 aliphatic carbocycles. The van der Waals surface area contributed by atoms with Crippen molar-refractivity contribution in [1.82, 2.24) is 14.6 Å². The SMILES string of the molecule is CCCCOc1ccc(-c2nc3sc(=Cc4ccc(OCCCC)c(OC)c4)c(=O)n3n2)cc1.